The number of hydrogen-bond acceptors (Lipinski definition) is 4. The van der Waals surface area contributed by atoms with Crippen LogP contribution in [0.15, 0.2) is 53.9 Å². The number of nitrogens with zero attached hydrogens (tertiary/aromatic N) is 2. The van der Waals surface area contributed by atoms with Gasteiger partial charge in [0.2, 0.25) is 0 Å². The predicted molar refractivity (Wildman–Crippen MR) is 84.2 cm³/mol. The normalized spacial score (nSPS) is 12.1. The Kier molecular flexibility index (Phi) is 5.04. The summed E-state index contributed by atoms with van der Waals surface area (Å²) < 4.78 is 0. The van der Waals surface area contributed by atoms with E-state index in [4.69, 9.17) is 0 Å². The number of benzene rings is 1. The summed E-state index contributed by atoms with van der Waals surface area (Å²) in [6.45, 7) is 3.80. The Bertz CT molecular complexity index is 625. The zero-order chi connectivity index (χ0) is 15.1. The second kappa shape index (κ2) is 7.19. The van der Waals surface area contributed by atoms with Crippen molar-refractivity contribution in [3.05, 3.63) is 59.9 Å². The first-order chi connectivity index (χ1) is 10.1. The van der Waals surface area contributed by atoms with Gasteiger partial charge in [0, 0.05) is 23.6 Å². The van der Waals surface area contributed by atoms with Gasteiger partial charge in [-0.3, -0.25) is 9.78 Å². The maximum absolute atomic E-state index is 11.9. The molecule has 1 aromatic carbocycles. The summed E-state index contributed by atoms with van der Waals surface area (Å²) in [6.07, 6.45) is 4.91. The Balaban J connectivity index is 1.87. The SMILES string of the molecule is Cc1cccc(NC(C)C(=O)NN=Cc2cccnc2)c1. The molecule has 1 heterocycles. The maximum atomic E-state index is 11.9. The quantitative estimate of drug-likeness (QED) is 0.653. The molecule has 2 rings (SSSR count). The third-order valence-corrected chi connectivity index (χ3v) is 2.87. The van der Waals surface area contributed by atoms with Crippen LogP contribution < -0.4 is 10.7 Å². The maximum Gasteiger partial charge on any atom is 0.262 e. The molecule has 5 heteroatoms. The molecule has 2 aromatic rings. The summed E-state index contributed by atoms with van der Waals surface area (Å²) in [5.41, 5.74) is 5.39. The van der Waals surface area contributed by atoms with Crippen LogP contribution in [0.2, 0.25) is 0 Å². The number of hydrazone groups is 1. The summed E-state index contributed by atoms with van der Waals surface area (Å²) in [7, 11) is 0. The Labute approximate surface area is 124 Å². The first-order valence-electron chi connectivity index (χ1n) is 6.71. The number of rotatable bonds is 5. The first kappa shape index (κ1) is 14.7. The highest BCUT2D eigenvalue weighted by Crippen LogP contribution is 2.10. The summed E-state index contributed by atoms with van der Waals surface area (Å²) in [6, 6.07) is 11.2. The van der Waals surface area contributed by atoms with E-state index in [1.54, 1.807) is 25.5 Å². The second-order valence-electron chi connectivity index (χ2n) is 4.76. The molecule has 0 spiro atoms. The van der Waals surface area contributed by atoms with E-state index < -0.39 is 0 Å². The van der Waals surface area contributed by atoms with Crippen LogP contribution in [0.5, 0.6) is 0 Å². The highest BCUT2D eigenvalue weighted by atomic mass is 16.2. The number of nitrogens with one attached hydrogen (secondary N) is 2. The third kappa shape index (κ3) is 4.72. The fourth-order valence-corrected chi connectivity index (χ4v) is 1.77. The van der Waals surface area contributed by atoms with E-state index >= 15 is 0 Å². The van der Waals surface area contributed by atoms with Crippen molar-refractivity contribution < 1.29 is 4.79 Å². The van der Waals surface area contributed by atoms with Gasteiger partial charge >= 0.3 is 0 Å². The molecular weight excluding hydrogens is 264 g/mol. The fourth-order valence-electron chi connectivity index (χ4n) is 1.77. The van der Waals surface area contributed by atoms with Crippen LogP contribution in [0.1, 0.15) is 18.1 Å². The molecule has 1 unspecified atom stereocenters. The molecule has 2 N–H and O–H groups in total. The van der Waals surface area contributed by atoms with Crippen LogP contribution in [0.25, 0.3) is 0 Å². The number of amides is 1. The minimum atomic E-state index is -0.377. The standard InChI is InChI=1S/C16H18N4O/c1-12-5-3-7-15(9-12)19-13(2)16(21)20-18-11-14-6-4-8-17-10-14/h3-11,13,19H,1-2H3,(H,20,21). The number of aromatic nitrogens is 1. The molecule has 0 aliphatic rings. The molecule has 21 heavy (non-hydrogen) atoms. The summed E-state index contributed by atoms with van der Waals surface area (Å²) in [5.74, 6) is -0.198. The molecule has 5 nitrogen and oxygen atoms in total. The van der Waals surface area contributed by atoms with Crippen molar-refractivity contribution in [3.63, 3.8) is 0 Å². The molecule has 108 valence electrons. The number of pyridine rings is 1. The van der Waals surface area contributed by atoms with Crippen molar-refractivity contribution in [1.29, 1.82) is 0 Å². The van der Waals surface area contributed by atoms with Crippen molar-refractivity contribution in [2.45, 2.75) is 19.9 Å². The van der Waals surface area contributed by atoms with Gasteiger partial charge in [-0.05, 0) is 37.6 Å². The Hall–Kier alpha value is -2.69. The van der Waals surface area contributed by atoms with Gasteiger partial charge in [-0.2, -0.15) is 5.10 Å². The Morgan fingerprint density at radius 3 is 2.90 bits per heavy atom. The average molecular weight is 282 g/mol. The monoisotopic (exact) mass is 282 g/mol. The number of carbonyl (C=O) groups excluding carboxylic acids is 1. The smallest absolute Gasteiger partial charge is 0.262 e. The topological polar surface area (TPSA) is 66.4 Å². The highest BCUT2D eigenvalue weighted by Gasteiger charge is 2.11. The molecule has 0 saturated heterocycles. The van der Waals surface area contributed by atoms with Crippen molar-refractivity contribution in [3.8, 4) is 0 Å². The predicted octanol–water partition coefficient (Wildman–Crippen LogP) is 2.34. The van der Waals surface area contributed by atoms with Crippen LogP contribution >= 0.6 is 0 Å². The minimum absolute atomic E-state index is 0.198. The Morgan fingerprint density at radius 1 is 1.33 bits per heavy atom. The molecule has 1 amide bonds. The lowest BCUT2D eigenvalue weighted by Crippen LogP contribution is -2.34. The molecule has 0 fully saturated rings. The van der Waals surface area contributed by atoms with E-state index in [1.807, 2.05) is 43.3 Å². The van der Waals surface area contributed by atoms with Gasteiger partial charge in [-0.25, -0.2) is 5.43 Å². The largest absolute Gasteiger partial charge is 0.374 e. The molecule has 0 aliphatic carbocycles. The number of anilines is 1. The van der Waals surface area contributed by atoms with Gasteiger partial charge in [0.05, 0.1) is 6.21 Å². The minimum Gasteiger partial charge on any atom is -0.374 e. The van der Waals surface area contributed by atoms with Crippen molar-refractivity contribution in [2.75, 3.05) is 5.32 Å². The van der Waals surface area contributed by atoms with Crippen LogP contribution in [-0.2, 0) is 4.79 Å². The van der Waals surface area contributed by atoms with E-state index in [-0.39, 0.29) is 11.9 Å². The Morgan fingerprint density at radius 2 is 2.19 bits per heavy atom. The number of aryl methyl sites for hydroxylation is 1. The van der Waals surface area contributed by atoms with Crippen molar-refractivity contribution in [2.24, 2.45) is 5.10 Å². The molecule has 1 aromatic heterocycles. The van der Waals surface area contributed by atoms with E-state index in [9.17, 15) is 4.79 Å². The molecule has 0 radical (unpaired) electrons. The lowest BCUT2D eigenvalue weighted by molar-refractivity contribution is -0.121. The number of carbonyl (C=O) groups is 1. The lowest BCUT2D eigenvalue weighted by Gasteiger charge is -2.13. The zero-order valence-electron chi connectivity index (χ0n) is 12.1. The molecule has 0 saturated carbocycles. The van der Waals surface area contributed by atoms with Gasteiger partial charge < -0.3 is 5.32 Å². The second-order valence-corrected chi connectivity index (χ2v) is 4.76. The molecular formula is C16H18N4O. The van der Waals surface area contributed by atoms with Crippen LogP contribution in [0.3, 0.4) is 0 Å². The van der Waals surface area contributed by atoms with Gasteiger partial charge in [0.1, 0.15) is 6.04 Å². The highest BCUT2D eigenvalue weighted by molar-refractivity contribution is 5.86. The zero-order valence-corrected chi connectivity index (χ0v) is 12.1. The molecule has 0 aliphatic heterocycles. The van der Waals surface area contributed by atoms with Crippen molar-refractivity contribution >= 4 is 17.8 Å². The van der Waals surface area contributed by atoms with Gasteiger partial charge in [-0.1, -0.05) is 18.2 Å². The molecule has 0 bridgehead atoms. The van der Waals surface area contributed by atoms with E-state index in [2.05, 4.69) is 20.8 Å². The van der Waals surface area contributed by atoms with E-state index in [1.165, 1.54) is 0 Å². The fraction of sp³-hybridized carbons (Fsp3) is 0.188. The van der Waals surface area contributed by atoms with Crippen LogP contribution in [0, 0.1) is 6.92 Å². The summed E-state index contributed by atoms with van der Waals surface area (Å²) in [4.78, 5) is 15.9. The van der Waals surface area contributed by atoms with Crippen molar-refractivity contribution in [1.82, 2.24) is 10.4 Å². The van der Waals surface area contributed by atoms with E-state index in [0.717, 1.165) is 16.8 Å². The number of hydrogen-bond donors (Lipinski definition) is 2. The average Bonchev–Trinajstić information content (AvgIpc) is 2.48. The first-order valence-corrected chi connectivity index (χ1v) is 6.71. The summed E-state index contributed by atoms with van der Waals surface area (Å²) in [5, 5.41) is 7.05. The van der Waals surface area contributed by atoms with Gasteiger partial charge in [-0.15, -0.1) is 0 Å². The van der Waals surface area contributed by atoms with Gasteiger partial charge in [0.15, 0.2) is 0 Å². The summed E-state index contributed by atoms with van der Waals surface area (Å²) >= 11 is 0. The third-order valence-electron chi connectivity index (χ3n) is 2.87. The molecule has 1 atom stereocenters. The lowest BCUT2D eigenvalue weighted by atomic mass is 10.2. The van der Waals surface area contributed by atoms with Crippen LogP contribution in [0.4, 0.5) is 5.69 Å². The van der Waals surface area contributed by atoms with E-state index in [0.29, 0.717) is 0 Å². The van der Waals surface area contributed by atoms with Crippen LogP contribution in [-0.4, -0.2) is 23.1 Å². The van der Waals surface area contributed by atoms with Gasteiger partial charge in [0.25, 0.3) is 5.91 Å².